The van der Waals surface area contributed by atoms with Crippen molar-refractivity contribution in [3.8, 4) is 0 Å². The summed E-state index contributed by atoms with van der Waals surface area (Å²) in [7, 11) is 0. The first-order chi connectivity index (χ1) is 11.4. The molecule has 3 heteroatoms. The number of imidazole rings is 1. The Kier molecular flexibility index (Phi) is 4.12. The lowest BCUT2D eigenvalue weighted by Gasteiger charge is -2.12. The molecule has 0 bridgehead atoms. The molecule has 1 N–H and O–H groups in total. The zero-order valence-corrected chi connectivity index (χ0v) is 13.4. The van der Waals surface area contributed by atoms with E-state index in [0.717, 1.165) is 24.6 Å². The van der Waals surface area contributed by atoms with E-state index in [1.807, 2.05) is 12.4 Å². The maximum atomic E-state index is 4.46. The minimum Gasteiger partial charge on any atom is -0.326 e. The van der Waals surface area contributed by atoms with Crippen molar-refractivity contribution in [2.24, 2.45) is 0 Å². The average molecular weight is 305 g/mol. The predicted octanol–water partition coefficient (Wildman–Crippen LogP) is 4.12. The summed E-state index contributed by atoms with van der Waals surface area (Å²) in [5.41, 5.74) is 4.94. The largest absolute Gasteiger partial charge is 0.326 e. The molecule has 0 radical (unpaired) electrons. The number of nitrogens with one attached hydrogen (secondary N) is 1. The van der Waals surface area contributed by atoms with E-state index in [4.69, 9.17) is 0 Å². The molecule has 3 aromatic rings. The van der Waals surface area contributed by atoms with Crippen LogP contribution in [0.15, 0.2) is 54.9 Å². The van der Waals surface area contributed by atoms with Gasteiger partial charge in [-0.15, -0.1) is 0 Å². The highest BCUT2D eigenvalue weighted by atomic mass is 15.0. The van der Waals surface area contributed by atoms with Crippen LogP contribution in [0.1, 0.15) is 36.8 Å². The molecule has 0 atom stereocenters. The van der Waals surface area contributed by atoms with Gasteiger partial charge >= 0.3 is 0 Å². The Labute approximate surface area is 137 Å². The van der Waals surface area contributed by atoms with E-state index >= 15 is 0 Å². The maximum Gasteiger partial charge on any atom is 0.0961 e. The molecule has 118 valence electrons. The van der Waals surface area contributed by atoms with Crippen LogP contribution in [0.2, 0.25) is 0 Å². The molecular weight excluding hydrogens is 282 g/mol. The van der Waals surface area contributed by atoms with Crippen LogP contribution in [0, 0.1) is 0 Å². The first-order valence-electron chi connectivity index (χ1n) is 8.59. The van der Waals surface area contributed by atoms with Crippen LogP contribution in [-0.4, -0.2) is 15.6 Å². The third-order valence-corrected chi connectivity index (χ3v) is 4.85. The molecule has 4 rings (SSSR count). The predicted molar refractivity (Wildman–Crippen MR) is 94.4 cm³/mol. The van der Waals surface area contributed by atoms with E-state index in [2.05, 4.69) is 57.3 Å². The maximum absolute atomic E-state index is 4.46. The van der Waals surface area contributed by atoms with E-state index < -0.39 is 0 Å². The summed E-state index contributed by atoms with van der Waals surface area (Å²) in [6.45, 7) is 1.86. The Balaban J connectivity index is 1.41. The lowest BCUT2D eigenvalue weighted by Crippen LogP contribution is -2.25. The van der Waals surface area contributed by atoms with Crippen LogP contribution in [-0.2, 0) is 13.1 Å². The Hall–Kier alpha value is -2.13. The van der Waals surface area contributed by atoms with Crippen molar-refractivity contribution < 1.29 is 0 Å². The molecule has 0 aliphatic heterocycles. The Morgan fingerprint density at radius 2 is 1.70 bits per heavy atom. The van der Waals surface area contributed by atoms with Crippen LogP contribution in [0.25, 0.3) is 11.0 Å². The molecule has 1 aromatic heterocycles. The van der Waals surface area contributed by atoms with Crippen molar-refractivity contribution in [2.75, 3.05) is 0 Å². The van der Waals surface area contributed by atoms with E-state index in [0.29, 0.717) is 0 Å². The summed E-state index contributed by atoms with van der Waals surface area (Å²) >= 11 is 0. The Morgan fingerprint density at radius 1 is 0.957 bits per heavy atom. The lowest BCUT2D eigenvalue weighted by atomic mass is 10.1. The fourth-order valence-electron chi connectivity index (χ4n) is 3.49. The molecule has 1 aliphatic carbocycles. The first kappa shape index (κ1) is 14.5. The van der Waals surface area contributed by atoms with Crippen LogP contribution in [0.4, 0.5) is 0 Å². The average Bonchev–Trinajstić information content (AvgIpc) is 3.25. The second kappa shape index (κ2) is 6.55. The van der Waals surface area contributed by atoms with Gasteiger partial charge < -0.3 is 9.88 Å². The van der Waals surface area contributed by atoms with Gasteiger partial charge in [0.25, 0.3) is 0 Å². The number of benzene rings is 2. The van der Waals surface area contributed by atoms with Gasteiger partial charge in [-0.3, -0.25) is 0 Å². The van der Waals surface area contributed by atoms with Crippen molar-refractivity contribution in [2.45, 2.75) is 44.8 Å². The smallest absolute Gasteiger partial charge is 0.0961 e. The zero-order valence-electron chi connectivity index (χ0n) is 13.4. The molecular formula is C20H23N3. The van der Waals surface area contributed by atoms with E-state index in [1.165, 1.54) is 42.3 Å². The van der Waals surface area contributed by atoms with Crippen molar-refractivity contribution in [1.82, 2.24) is 14.9 Å². The number of hydrogen-bond acceptors (Lipinski definition) is 2. The van der Waals surface area contributed by atoms with Gasteiger partial charge in [-0.25, -0.2) is 4.98 Å². The normalized spacial score (nSPS) is 15.5. The van der Waals surface area contributed by atoms with E-state index in [1.54, 1.807) is 0 Å². The van der Waals surface area contributed by atoms with Gasteiger partial charge in [0, 0.05) is 19.1 Å². The van der Waals surface area contributed by atoms with Crippen LogP contribution in [0.3, 0.4) is 0 Å². The second-order valence-electron chi connectivity index (χ2n) is 6.54. The lowest BCUT2D eigenvalue weighted by molar-refractivity contribution is 0.524. The molecule has 0 amide bonds. The van der Waals surface area contributed by atoms with E-state index in [9.17, 15) is 0 Å². The van der Waals surface area contributed by atoms with Gasteiger partial charge in [-0.1, -0.05) is 49.2 Å². The summed E-state index contributed by atoms with van der Waals surface area (Å²) in [5, 5.41) is 3.67. The molecule has 1 aliphatic rings. The minimum absolute atomic E-state index is 0.729. The SMILES string of the molecule is c1ccc2c(c1)ncn2Cc1ccc(CNC2CCCC2)cc1. The number of rotatable bonds is 5. The van der Waals surface area contributed by atoms with Crippen LogP contribution < -0.4 is 5.32 Å². The van der Waals surface area contributed by atoms with Gasteiger partial charge in [0.05, 0.1) is 17.4 Å². The minimum atomic E-state index is 0.729. The Bertz CT molecular complexity index is 767. The highest BCUT2D eigenvalue weighted by Crippen LogP contribution is 2.18. The summed E-state index contributed by atoms with van der Waals surface area (Å²) in [6.07, 6.45) is 7.38. The highest BCUT2D eigenvalue weighted by molar-refractivity contribution is 5.75. The quantitative estimate of drug-likeness (QED) is 0.768. The third-order valence-electron chi connectivity index (χ3n) is 4.85. The topological polar surface area (TPSA) is 29.9 Å². The molecule has 2 aromatic carbocycles. The third kappa shape index (κ3) is 3.30. The second-order valence-corrected chi connectivity index (χ2v) is 6.54. The molecule has 0 saturated heterocycles. The number of hydrogen-bond donors (Lipinski definition) is 1. The highest BCUT2D eigenvalue weighted by Gasteiger charge is 2.13. The number of aromatic nitrogens is 2. The van der Waals surface area contributed by atoms with Crippen LogP contribution >= 0.6 is 0 Å². The summed E-state index contributed by atoms with van der Waals surface area (Å²) < 4.78 is 2.21. The molecule has 23 heavy (non-hydrogen) atoms. The van der Waals surface area contributed by atoms with E-state index in [-0.39, 0.29) is 0 Å². The molecule has 0 spiro atoms. The molecule has 0 unspecified atom stereocenters. The standard InChI is InChI=1S/C20H23N3/c1-2-6-18(5-1)21-13-16-9-11-17(12-10-16)14-23-15-22-19-7-3-4-8-20(19)23/h3-4,7-12,15,18,21H,1-2,5-6,13-14H2. The van der Waals surface area contributed by atoms with Gasteiger partial charge in [0.15, 0.2) is 0 Å². The summed E-state index contributed by atoms with van der Waals surface area (Å²) in [5.74, 6) is 0. The van der Waals surface area contributed by atoms with Crippen molar-refractivity contribution in [1.29, 1.82) is 0 Å². The van der Waals surface area contributed by atoms with Gasteiger partial charge in [-0.05, 0) is 36.1 Å². The molecule has 1 fully saturated rings. The van der Waals surface area contributed by atoms with Crippen LogP contribution in [0.5, 0.6) is 0 Å². The fourth-order valence-corrected chi connectivity index (χ4v) is 3.49. The van der Waals surface area contributed by atoms with Crippen molar-refractivity contribution in [3.05, 3.63) is 66.0 Å². The number of para-hydroxylation sites is 2. The summed E-state index contributed by atoms with van der Waals surface area (Å²) in [6, 6.07) is 18.0. The van der Waals surface area contributed by atoms with Crippen molar-refractivity contribution >= 4 is 11.0 Å². The number of fused-ring (bicyclic) bond motifs is 1. The van der Waals surface area contributed by atoms with Gasteiger partial charge in [0.1, 0.15) is 0 Å². The molecule has 1 saturated carbocycles. The first-order valence-corrected chi connectivity index (χ1v) is 8.59. The molecule has 1 heterocycles. The van der Waals surface area contributed by atoms with Gasteiger partial charge in [0.2, 0.25) is 0 Å². The zero-order chi connectivity index (χ0) is 15.5. The van der Waals surface area contributed by atoms with Gasteiger partial charge in [-0.2, -0.15) is 0 Å². The number of nitrogens with zero attached hydrogens (tertiary/aromatic N) is 2. The summed E-state index contributed by atoms with van der Waals surface area (Å²) in [4.78, 5) is 4.46. The van der Waals surface area contributed by atoms with Crippen molar-refractivity contribution in [3.63, 3.8) is 0 Å². The Morgan fingerprint density at radius 3 is 2.52 bits per heavy atom. The molecule has 3 nitrogen and oxygen atoms in total. The fraction of sp³-hybridized carbons (Fsp3) is 0.350. The monoisotopic (exact) mass is 305 g/mol.